The van der Waals surface area contributed by atoms with Crippen LogP contribution >= 0.6 is 0 Å². The number of nitrogens with one attached hydrogen (secondary N) is 1. The molecule has 1 aromatic rings. The molecule has 0 aromatic carbocycles. The Hall–Kier alpha value is -2.31. The summed E-state index contributed by atoms with van der Waals surface area (Å²) in [5.41, 5.74) is 0.355. The molecule has 96 valence electrons. The van der Waals surface area contributed by atoms with E-state index in [-0.39, 0.29) is 0 Å². The van der Waals surface area contributed by atoms with Crippen LogP contribution in [0.2, 0.25) is 0 Å². The molecule has 2 rings (SSSR count). The van der Waals surface area contributed by atoms with Crippen molar-refractivity contribution in [2.75, 3.05) is 19.7 Å². The van der Waals surface area contributed by atoms with Crippen molar-refractivity contribution in [3.63, 3.8) is 0 Å². The zero-order chi connectivity index (χ0) is 13.1. The monoisotopic (exact) mass is 251 g/mol. The number of esters is 1. The third-order valence-electron chi connectivity index (χ3n) is 2.64. The Morgan fingerprint density at radius 1 is 1.50 bits per heavy atom. The van der Waals surface area contributed by atoms with Crippen molar-refractivity contribution in [2.45, 2.75) is 0 Å². The maximum absolute atomic E-state index is 11.6. The zero-order valence-electron chi connectivity index (χ0n) is 9.88. The van der Waals surface area contributed by atoms with Crippen LogP contribution in [-0.2, 0) is 16.6 Å². The fourth-order valence-corrected chi connectivity index (χ4v) is 1.66. The Kier molecular flexibility index (Phi) is 3.31. The van der Waals surface area contributed by atoms with Gasteiger partial charge in [0.2, 0.25) is 0 Å². The van der Waals surface area contributed by atoms with Gasteiger partial charge in [0.05, 0.1) is 0 Å². The second-order valence-corrected chi connectivity index (χ2v) is 3.86. The Bertz CT molecular complexity index is 494. The first-order chi connectivity index (χ1) is 8.59. The van der Waals surface area contributed by atoms with Crippen LogP contribution in [0, 0.1) is 0 Å². The van der Waals surface area contributed by atoms with Gasteiger partial charge in [-0.2, -0.15) is 0 Å². The van der Waals surface area contributed by atoms with E-state index in [2.05, 4.69) is 5.32 Å². The lowest BCUT2D eigenvalue weighted by Crippen LogP contribution is -2.37. The Balaban J connectivity index is 1.88. The lowest BCUT2D eigenvalue weighted by atomic mass is 10.4. The number of imide groups is 1. The Labute approximate surface area is 103 Å². The number of carbonyl (C=O) groups excluding carboxylic acids is 3. The van der Waals surface area contributed by atoms with E-state index in [1.54, 1.807) is 29.9 Å². The van der Waals surface area contributed by atoms with Crippen LogP contribution in [0.3, 0.4) is 0 Å². The van der Waals surface area contributed by atoms with Crippen LogP contribution in [0.25, 0.3) is 0 Å². The fourth-order valence-electron chi connectivity index (χ4n) is 1.66. The Morgan fingerprint density at radius 3 is 2.83 bits per heavy atom. The highest BCUT2D eigenvalue weighted by molar-refractivity contribution is 5.97. The minimum atomic E-state index is -0.588. The van der Waals surface area contributed by atoms with Gasteiger partial charge in [0.25, 0.3) is 5.91 Å². The molecule has 1 fully saturated rings. The summed E-state index contributed by atoms with van der Waals surface area (Å²) in [5, 5.41) is 2.50. The summed E-state index contributed by atoms with van der Waals surface area (Å²) in [7, 11) is 1.70. The smallest absolute Gasteiger partial charge is 0.355 e. The van der Waals surface area contributed by atoms with Crippen LogP contribution in [0.4, 0.5) is 4.79 Å². The van der Waals surface area contributed by atoms with Crippen molar-refractivity contribution in [3.8, 4) is 0 Å². The van der Waals surface area contributed by atoms with Crippen molar-refractivity contribution < 1.29 is 19.1 Å². The number of ether oxygens (including phenoxy) is 1. The third kappa shape index (κ3) is 2.34. The normalized spacial score (nSPS) is 14.5. The van der Waals surface area contributed by atoms with E-state index in [0.717, 1.165) is 4.90 Å². The molecule has 7 nitrogen and oxygen atoms in total. The first-order valence-corrected chi connectivity index (χ1v) is 5.46. The molecule has 18 heavy (non-hydrogen) atoms. The molecular formula is C11H13N3O4. The molecule has 1 aliphatic rings. The molecule has 1 aliphatic heterocycles. The van der Waals surface area contributed by atoms with E-state index in [0.29, 0.717) is 18.8 Å². The van der Waals surface area contributed by atoms with Gasteiger partial charge in [0.15, 0.2) is 6.61 Å². The highest BCUT2D eigenvalue weighted by atomic mass is 16.5. The second-order valence-electron chi connectivity index (χ2n) is 3.86. The maximum Gasteiger partial charge on any atom is 0.355 e. The average Bonchev–Trinajstić information content (AvgIpc) is 2.94. The molecule has 2 heterocycles. The van der Waals surface area contributed by atoms with Gasteiger partial charge in [-0.3, -0.25) is 9.69 Å². The molecule has 0 atom stereocenters. The molecule has 7 heteroatoms. The van der Waals surface area contributed by atoms with Gasteiger partial charge in [0.1, 0.15) is 5.69 Å². The number of amides is 3. The van der Waals surface area contributed by atoms with E-state index in [1.165, 1.54) is 0 Å². The molecule has 0 unspecified atom stereocenters. The highest BCUT2D eigenvalue weighted by Crippen LogP contribution is 2.03. The SMILES string of the molecule is Cn1cccc1C(=O)OCC(=O)N1CCNC1=O. The molecule has 0 saturated carbocycles. The number of nitrogens with zero attached hydrogens (tertiary/aromatic N) is 2. The molecule has 1 N–H and O–H groups in total. The van der Waals surface area contributed by atoms with Gasteiger partial charge in [-0.1, -0.05) is 0 Å². The molecule has 0 aliphatic carbocycles. The molecular weight excluding hydrogens is 238 g/mol. The summed E-state index contributed by atoms with van der Waals surface area (Å²) in [6.45, 7) is 0.299. The van der Waals surface area contributed by atoms with Crippen molar-refractivity contribution in [1.82, 2.24) is 14.8 Å². The van der Waals surface area contributed by atoms with E-state index >= 15 is 0 Å². The lowest BCUT2D eigenvalue weighted by molar-refractivity contribution is -0.130. The van der Waals surface area contributed by atoms with Crippen LogP contribution in [-0.4, -0.2) is 47.1 Å². The van der Waals surface area contributed by atoms with E-state index < -0.39 is 24.5 Å². The summed E-state index contributed by atoms with van der Waals surface area (Å²) in [4.78, 5) is 35.4. The van der Waals surface area contributed by atoms with Gasteiger partial charge < -0.3 is 14.6 Å². The van der Waals surface area contributed by atoms with Crippen LogP contribution in [0.15, 0.2) is 18.3 Å². The van der Waals surface area contributed by atoms with E-state index in [9.17, 15) is 14.4 Å². The van der Waals surface area contributed by atoms with Gasteiger partial charge in [0, 0.05) is 26.3 Å². The quantitative estimate of drug-likeness (QED) is 0.750. The van der Waals surface area contributed by atoms with Gasteiger partial charge in [-0.05, 0) is 12.1 Å². The molecule has 0 radical (unpaired) electrons. The minimum Gasteiger partial charge on any atom is -0.451 e. The van der Waals surface area contributed by atoms with E-state index in [1.807, 2.05) is 0 Å². The predicted molar refractivity (Wildman–Crippen MR) is 60.8 cm³/mol. The molecule has 1 aromatic heterocycles. The number of urea groups is 1. The van der Waals surface area contributed by atoms with Gasteiger partial charge in [-0.15, -0.1) is 0 Å². The van der Waals surface area contributed by atoms with Crippen molar-refractivity contribution in [3.05, 3.63) is 24.0 Å². The largest absolute Gasteiger partial charge is 0.451 e. The van der Waals surface area contributed by atoms with Crippen LogP contribution in [0.1, 0.15) is 10.5 Å². The summed E-state index contributed by atoms with van der Waals surface area (Å²) in [6.07, 6.45) is 1.70. The molecule has 0 bridgehead atoms. The number of hydrogen-bond donors (Lipinski definition) is 1. The van der Waals surface area contributed by atoms with Crippen LogP contribution in [0.5, 0.6) is 0 Å². The number of aryl methyl sites for hydroxylation is 1. The first-order valence-electron chi connectivity index (χ1n) is 5.46. The lowest BCUT2D eigenvalue weighted by Gasteiger charge is -2.12. The van der Waals surface area contributed by atoms with Crippen LogP contribution < -0.4 is 5.32 Å². The van der Waals surface area contributed by atoms with Crippen molar-refractivity contribution in [2.24, 2.45) is 7.05 Å². The molecule has 0 spiro atoms. The molecule has 3 amide bonds. The topological polar surface area (TPSA) is 80.6 Å². The molecule has 1 saturated heterocycles. The minimum absolute atomic E-state index is 0.305. The summed E-state index contributed by atoms with van der Waals surface area (Å²) < 4.78 is 6.45. The third-order valence-corrected chi connectivity index (χ3v) is 2.64. The zero-order valence-corrected chi connectivity index (χ0v) is 9.88. The fraction of sp³-hybridized carbons (Fsp3) is 0.364. The number of rotatable bonds is 3. The van der Waals surface area contributed by atoms with Gasteiger partial charge in [-0.25, -0.2) is 9.59 Å². The highest BCUT2D eigenvalue weighted by Gasteiger charge is 2.27. The van der Waals surface area contributed by atoms with Crippen molar-refractivity contribution in [1.29, 1.82) is 0 Å². The second kappa shape index (κ2) is 4.91. The number of carbonyl (C=O) groups is 3. The Morgan fingerprint density at radius 2 is 2.28 bits per heavy atom. The first kappa shape index (κ1) is 12.2. The van der Waals surface area contributed by atoms with E-state index in [4.69, 9.17) is 4.74 Å². The number of aromatic nitrogens is 1. The standard InChI is InChI=1S/C11H13N3O4/c1-13-5-2-3-8(13)10(16)18-7-9(15)14-6-4-12-11(14)17/h2-3,5H,4,6-7H2,1H3,(H,12,17). The number of hydrogen-bond acceptors (Lipinski definition) is 4. The summed E-state index contributed by atoms with van der Waals surface area (Å²) in [5.74, 6) is -1.11. The summed E-state index contributed by atoms with van der Waals surface area (Å²) in [6, 6.07) is 2.84. The average molecular weight is 251 g/mol. The van der Waals surface area contributed by atoms with Gasteiger partial charge >= 0.3 is 12.0 Å². The maximum atomic E-state index is 11.6. The predicted octanol–water partition coefficient (Wildman–Crippen LogP) is -0.266. The van der Waals surface area contributed by atoms with Crippen molar-refractivity contribution >= 4 is 17.9 Å². The summed E-state index contributed by atoms with van der Waals surface area (Å²) >= 11 is 0.